The lowest BCUT2D eigenvalue weighted by molar-refractivity contribution is -0.126. The fraction of sp³-hybridized carbons (Fsp3) is 0.938. The molecule has 3 unspecified atom stereocenters. The van der Waals surface area contributed by atoms with Crippen LogP contribution in [0.3, 0.4) is 0 Å². The Kier molecular flexibility index (Phi) is 5.85. The van der Waals surface area contributed by atoms with Crippen molar-refractivity contribution in [3.05, 3.63) is 0 Å². The van der Waals surface area contributed by atoms with E-state index in [0.29, 0.717) is 18.0 Å². The van der Waals surface area contributed by atoms with Gasteiger partial charge in [0.1, 0.15) is 0 Å². The van der Waals surface area contributed by atoms with Gasteiger partial charge in [0.25, 0.3) is 0 Å². The minimum Gasteiger partial charge on any atom is -0.354 e. The van der Waals surface area contributed by atoms with Crippen molar-refractivity contribution in [1.82, 2.24) is 15.5 Å². The Morgan fingerprint density at radius 1 is 1.35 bits per heavy atom. The second-order valence-corrected chi connectivity index (χ2v) is 6.88. The van der Waals surface area contributed by atoms with E-state index in [1.54, 1.807) is 0 Å². The van der Waals surface area contributed by atoms with Crippen LogP contribution in [0.25, 0.3) is 0 Å². The van der Waals surface area contributed by atoms with E-state index in [9.17, 15) is 4.79 Å². The van der Waals surface area contributed by atoms with Crippen LogP contribution < -0.4 is 10.6 Å². The van der Waals surface area contributed by atoms with Crippen LogP contribution in [0.1, 0.15) is 46.5 Å². The Bertz CT molecular complexity index is 313. The zero-order valence-electron chi connectivity index (χ0n) is 13.3. The summed E-state index contributed by atoms with van der Waals surface area (Å²) in [6.45, 7) is 10.9. The molecule has 0 aliphatic carbocycles. The molecule has 116 valence electrons. The van der Waals surface area contributed by atoms with Gasteiger partial charge >= 0.3 is 0 Å². The molecular weight excluding hydrogens is 250 g/mol. The van der Waals surface area contributed by atoms with Crippen molar-refractivity contribution in [2.45, 2.75) is 58.5 Å². The lowest BCUT2D eigenvalue weighted by Crippen LogP contribution is -2.48. The maximum atomic E-state index is 12.3. The van der Waals surface area contributed by atoms with Crippen LogP contribution in [0, 0.1) is 11.8 Å². The summed E-state index contributed by atoms with van der Waals surface area (Å²) < 4.78 is 0. The summed E-state index contributed by atoms with van der Waals surface area (Å²) in [5, 5.41) is 6.63. The molecule has 2 saturated heterocycles. The van der Waals surface area contributed by atoms with E-state index in [4.69, 9.17) is 0 Å². The largest absolute Gasteiger partial charge is 0.354 e. The summed E-state index contributed by atoms with van der Waals surface area (Å²) >= 11 is 0. The van der Waals surface area contributed by atoms with Gasteiger partial charge in [-0.05, 0) is 58.2 Å². The molecule has 4 heteroatoms. The lowest BCUT2D eigenvalue weighted by atomic mass is 9.92. The SMILES string of the molecule is CC1CC(C(=O)NCC(C(C)C)N2CCCC2)CCN1. The third-order valence-electron chi connectivity index (χ3n) is 4.86. The molecule has 3 atom stereocenters. The second kappa shape index (κ2) is 7.41. The van der Waals surface area contributed by atoms with Crippen LogP contribution in [0.5, 0.6) is 0 Å². The second-order valence-electron chi connectivity index (χ2n) is 6.88. The first-order valence-electron chi connectivity index (χ1n) is 8.33. The predicted molar refractivity (Wildman–Crippen MR) is 82.6 cm³/mol. The molecule has 0 aromatic heterocycles. The molecule has 4 nitrogen and oxygen atoms in total. The van der Waals surface area contributed by atoms with Gasteiger partial charge in [-0.1, -0.05) is 13.8 Å². The van der Waals surface area contributed by atoms with Crippen molar-refractivity contribution in [3.63, 3.8) is 0 Å². The van der Waals surface area contributed by atoms with Gasteiger partial charge in [0.05, 0.1) is 0 Å². The highest BCUT2D eigenvalue weighted by Crippen LogP contribution is 2.19. The highest BCUT2D eigenvalue weighted by atomic mass is 16.1. The van der Waals surface area contributed by atoms with Gasteiger partial charge in [-0.3, -0.25) is 9.69 Å². The normalized spacial score (nSPS) is 29.6. The van der Waals surface area contributed by atoms with Gasteiger partial charge in [-0.2, -0.15) is 0 Å². The molecule has 0 bridgehead atoms. The molecule has 1 amide bonds. The number of hydrogen-bond acceptors (Lipinski definition) is 3. The number of carbonyl (C=O) groups excluding carboxylic acids is 1. The van der Waals surface area contributed by atoms with Crippen LogP contribution in [0.15, 0.2) is 0 Å². The predicted octanol–water partition coefficient (Wildman–Crippen LogP) is 1.61. The van der Waals surface area contributed by atoms with Crippen molar-refractivity contribution in [1.29, 1.82) is 0 Å². The number of nitrogens with zero attached hydrogens (tertiary/aromatic N) is 1. The smallest absolute Gasteiger partial charge is 0.223 e. The zero-order chi connectivity index (χ0) is 14.5. The van der Waals surface area contributed by atoms with Crippen LogP contribution >= 0.6 is 0 Å². The van der Waals surface area contributed by atoms with Crippen LogP contribution in [-0.4, -0.2) is 49.1 Å². The molecule has 2 aliphatic heterocycles. The summed E-state index contributed by atoms with van der Waals surface area (Å²) in [5.41, 5.74) is 0. The van der Waals surface area contributed by atoms with Crippen molar-refractivity contribution in [2.75, 3.05) is 26.2 Å². The van der Waals surface area contributed by atoms with Crippen LogP contribution in [0.4, 0.5) is 0 Å². The van der Waals surface area contributed by atoms with Crippen LogP contribution in [-0.2, 0) is 4.79 Å². The third-order valence-corrected chi connectivity index (χ3v) is 4.86. The summed E-state index contributed by atoms with van der Waals surface area (Å²) in [4.78, 5) is 14.9. The number of hydrogen-bond donors (Lipinski definition) is 2. The lowest BCUT2D eigenvalue weighted by Gasteiger charge is -2.32. The Hall–Kier alpha value is -0.610. The molecule has 2 heterocycles. The summed E-state index contributed by atoms with van der Waals surface area (Å²) in [5.74, 6) is 1.07. The molecular formula is C16H31N3O. The summed E-state index contributed by atoms with van der Waals surface area (Å²) in [7, 11) is 0. The Morgan fingerprint density at radius 3 is 2.65 bits per heavy atom. The van der Waals surface area contributed by atoms with E-state index in [-0.39, 0.29) is 11.8 Å². The Balaban J connectivity index is 1.80. The van der Waals surface area contributed by atoms with Crippen molar-refractivity contribution in [3.8, 4) is 0 Å². The average molecular weight is 281 g/mol. The molecule has 0 aromatic carbocycles. The first-order chi connectivity index (χ1) is 9.58. The first-order valence-corrected chi connectivity index (χ1v) is 8.33. The Labute approximate surface area is 123 Å². The Morgan fingerprint density at radius 2 is 2.05 bits per heavy atom. The molecule has 20 heavy (non-hydrogen) atoms. The molecule has 0 spiro atoms. The van der Waals surface area contributed by atoms with E-state index >= 15 is 0 Å². The summed E-state index contributed by atoms with van der Waals surface area (Å²) in [6.07, 6.45) is 4.57. The number of carbonyl (C=O) groups is 1. The number of likely N-dealkylation sites (tertiary alicyclic amines) is 1. The van der Waals surface area contributed by atoms with Gasteiger partial charge in [0.15, 0.2) is 0 Å². The van der Waals surface area contributed by atoms with Gasteiger partial charge in [0, 0.05) is 24.5 Å². The number of nitrogens with one attached hydrogen (secondary N) is 2. The zero-order valence-corrected chi connectivity index (χ0v) is 13.3. The van der Waals surface area contributed by atoms with Crippen LogP contribution in [0.2, 0.25) is 0 Å². The van der Waals surface area contributed by atoms with E-state index in [0.717, 1.165) is 25.9 Å². The fourth-order valence-electron chi connectivity index (χ4n) is 3.58. The summed E-state index contributed by atoms with van der Waals surface area (Å²) in [6, 6.07) is 0.972. The number of rotatable bonds is 5. The highest BCUT2D eigenvalue weighted by molar-refractivity contribution is 5.78. The minimum absolute atomic E-state index is 0.206. The van der Waals surface area contributed by atoms with Crippen molar-refractivity contribution >= 4 is 5.91 Å². The standard InChI is InChI=1S/C16H31N3O/c1-12(2)15(19-8-4-5-9-19)11-18-16(20)14-6-7-17-13(3)10-14/h12-15,17H,4-11H2,1-3H3,(H,18,20). The molecule has 0 radical (unpaired) electrons. The molecule has 2 rings (SSSR count). The topological polar surface area (TPSA) is 44.4 Å². The molecule has 2 fully saturated rings. The monoisotopic (exact) mass is 281 g/mol. The van der Waals surface area contributed by atoms with E-state index in [1.165, 1.54) is 25.9 Å². The average Bonchev–Trinajstić information content (AvgIpc) is 2.92. The van der Waals surface area contributed by atoms with Crippen molar-refractivity contribution < 1.29 is 4.79 Å². The van der Waals surface area contributed by atoms with Gasteiger partial charge in [-0.25, -0.2) is 0 Å². The maximum absolute atomic E-state index is 12.3. The van der Waals surface area contributed by atoms with E-state index < -0.39 is 0 Å². The quantitative estimate of drug-likeness (QED) is 0.805. The fourth-order valence-corrected chi connectivity index (χ4v) is 3.58. The van der Waals surface area contributed by atoms with Gasteiger partial charge < -0.3 is 10.6 Å². The molecule has 0 saturated carbocycles. The van der Waals surface area contributed by atoms with Crippen molar-refractivity contribution in [2.24, 2.45) is 11.8 Å². The molecule has 2 N–H and O–H groups in total. The highest BCUT2D eigenvalue weighted by Gasteiger charge is 2.28. The number of piperidine rings is 1. The first kappa shape index (κ1) is 15.8. The van der Waals surface area contributed by atoms with Gasteiger partial charge in [0.2, 0.25) is 5.91 Å². The van der Waals surface area contributed by atoms with Gasteiger partial charge in [-0.15, -0.1) is 0 Å². The third kappa shape index (κ3) is 4.19. The molecule has 2 aliphatic rings. The van der Waals surface area contributed by atoms with E-state index in [2.05, 4.69) is 36.3 Å². The molecule has 0 aromatic rings. The maximum Gasteiger partial charge on any atom is 0.223 e. The number of amides is 1. The van der Waals surface area contributed by atoms with E-state index in [1.807, 2.05) is 0 Å². The minimum atomic E-state index is 0.206.